The van der Waals surface area contributed by atoms with E-state index in [9.17, 15) is 4.79 Å². The number of halogens is 2. The van der Waals surface area contributed by atoms with Crippen molar-refractivity contribution >= 4 is 29.1 Å². The Balaban J connectivity index is 2.74. The highest BCUT2D eigenvalue weighted by Crippen LogP contribution is 2.20. The first kappa shape index (κ1) is 12.3. The third kappa shape index (κ3) is 3.70. The monoisotopic (exact) mass is 246 g/mol. The van der Waals surface area contributed by atoms with E-state index in [1.54, 1.807) is 12.1 Å². The highest BCUT2D eigenvalue weighted by atomic mass is 35.5. The molecule has 0 bridgehead atoms. The molecule has 0 aliphatic carbocycles. The lowest BCUT2D eigenvalue weighted by Crippen LogP contribution is -2.35. The van der Waals surface area contributed by atoms with Crippen LogP contribution in [-0.2, 0) is 0 Å². The number of rotatable bonds is 3. The third-order valence-electron chi connectivity index (χ3n) is 1.76. The van der Waals surface area contributed by atoms with Crippen LogP contribution in [0.4, 0.5) is 0 Å². The fraction of sp³-hybridized carbons (Fsp3) is 0.300. The topological polar surface area (TPSA) is 55.1 Å². The summed E-state index contributed by atoms with van der Waals surface area (Å²) in [5.74, 6) is -0.242. The first-order chi connectivity index (χ1) is 7.00. The van der Waals surface area contributed by atoms with Gasteiger partial charge in [0.1, 0.15) is 0 Å². The van der Waals surface area contributed by atoms with Crippen LogP contribution < -0.4 is 11.1 Å². The Labute approximate surface area is 98.5 Å². The van der Waals surface area contributed by atoms with Gasteiger partial charge in [0.15, 0.2) is 0 Å². The molecule has 1 rings (SSSR count). The molecule has 0 saturated heterocycles. The van der Waals surface area contributed by atoms with Crippen molar-refractivity contribution < 1.29 is 4.79 Å². The lowest BCUT2D eigenvalue weighted by Gasteiger charge is -2.08. The zero-order valence-electron chi connectivity index (χ0n) is 8.26. The van der Waals surface area contributed by atoms with Gasteiger partial charge in [0.2, 0.25) is 0 Å². The Kier molecular flexibility index (Phi) is 4.39. The van der Waals surface area contributed by atoms with Crippen LogP contribution in [-0.4, -0.2) is 18.5 Å². The summed E-state index contributed by atoms with van der Waals surface area (Å²) < 4.78 is 0. The summed E-state index contributed by atoms with van der Waals surface area (Å²) >= 11 is 11.6. The van der Waals surface area contributed by atoms with Gasteiger partial charge in [-0.05, 0) is 25.1 Å². The normalized spacial score (nSPS) is 12.3. The molecule has 0 spiro atoms. The van der Waals surface area contributed by atoms with Gasteiger partial charge in [-0.15, -0.1) is 0 Å². The van der Waals surface area contributed by atoms with E-state index in [-0.39, 0.29) is 11.9 Å². The number of benzene rings is 1. The predicted octanol–water partition coefficient (Wildman–Crippen LogP) is 2.07. The van der Waals surface area contributed by atoms with Gasteiger partial charge in [0.25, 0.3) is 5.91 Å². The molecular weight excluding hydrogens is 235 g/mol. The number of hydrogen-bond acceptors (Lipinski definition) is 2. The van der Waals surface area contributed by atoms with Crippen molar-refractivity contribution in [3.05, 3.63) is 33.8 Å². The molecule has 82 valence electrons. The summed E-state index contributed by atoms with van der Waals surface area (Å²) in [5.41, 5.74) is 5.92. The summed E-state index contributed by atoms with van der Waals surface area (Å²) in [7, 11) is 0. The fourth-order valence-corrected chi connectivity index (χ4v) is 1.52. The van der Waals surface area contributed by atoms with Crippen molar-refractivity contribution in [2.75, 3.05) is 6.54 Å². The van der Waals surface area contributed by atoms with Crippen molar-refractivity contribution in [2.45, 2.75) is 13.0 Å². The fourth-order valence-electron chi connectivity index (χ4n) is 1.02. The predicted molar refractivity (Wildman–Crippen MR) is 62.4 cm³/mol. The number of nitrogens with two attached hydrogens (primary N) is 1. The van der Waals surface area contributed by atoms with E-state index in [4.69, 9.17) is 28.9 Å². The highest BCUT2D eigenvalue weighted by Gasteiger charge is 2.10. The van der Waals surface area contributed by atoms with Gasteiger partial charge in [0, 0.05) is 17.6 Å². The van der Waals surface area contributed by atoms with Gasteiger partial charge in [-0.3, -0.25) is 4.79 Å². The molecule has 0 fully saturated rings. The third-order valence-corrected chi connectivity index (χ3v) is 2.31. The van der Waals surface area contributed by atoms with E-state index < -0.39 is 0 Å². The molecule has 0 aromatic heterocycles. The second-order valence-corrected chi connectivity index (χ2v) is 4.16. The first-order valence-corrected chi connectivity index (χ1v) is 5.25. The molecular formula is C10H12Cl2N2O. The van der Waals surface area contributed by atoms with Crippen LogP contribution in [0.15, 0.2) is 18.2 Å². The summed E-state index contributed by atoms with van der Waals surface area (Å²) in [4.78, 5) is 11.6. The van der Waals surface area contributed by atoms with E-state index >= 15 is 0 Å². The van der Waals surface area contributed by atoms with Gasteiger partial charge >= 0.3 is 0 Å². The van der Waals surface area contributed by atoms with Crippen molar-refractivity contribution in [3.8, 4) is 0 Å². The quantitative estimate of drug-likeness (QED) is 0.859. The number of nitrogens with one attached hydrogen (secondary N) is 1. The smallest absolute Gasteiger partial charge is 0.252 e. The minimum absolute atomic E-state index is 0.0833. The summed E-state index contributed by atoms with van der Waals surface area (Å²) in [6.07, 6.45) is 0. The average molecular weight is 247 g/mol. The van der Waals surface area contributed by atoms with Crippen molar-refractivity contribution in [1.82, 2.24) is 5.32 Å². The Hall–Kier alpha value is -0.770. The summed E-state index contributed by atoms with van der Waals surface area (Å²) in [6.45, 7) is 2.22. The maximum absolute atomic E-state index is 11.6. The van der Waals surface area contributed by atoms with Crippen LogP contribution in [0.3, 0.4) is 0 Å². The van der Waals surface area contributed by atoms with E-state index in [2.05, 4.69) is 5.32 Å². The van der Waals surface area contributed by atoms with Crippen LogP contribution in [0.2, 0.25) is 10.0 Å². The van der Waals surface area contributed by atoms with E-state index in [0.29, 0.717) is 22.2 Å². The maximum Gasteiger partial charge on any atom is 0.252 e. The minimum atomic E-state index is -0.242. The molecule has 0 saturated carbocycles. The molecule has 1 aromatic rings. The number of carbonyl (C=O) groups excluding carboxylic acids is 1. The van der Waals surface area contributed by atoms with Crippen LogP contribution in [0.1, 0.15) is 17.3 Å². The van der Waals surface area contributed by atoms with E-state index in [0.717, 1.165) is 0 Å². The molecule has 1 atom stereocenters. The van der Waals surface area contributed by atoms with Crippen LogP contribution in [0.5, 0.6) is 0 Å². The zero-order valence-corrected chi connectivity index (χ0v) is 9.77. The molecule has 0 radical (unpaired) electrons. The van der Waals surface area contributed by atoms with Gasteiger partial charge in [0.05, 0.1) is 10.6 Å². The number of hydrogen-bond donors (Lipinski definition) is 2. The van der Waals surface area contributed by atoms with Crippen molar-refractivity contribution in [1.29, 1.82) is 0 Å². The second-order valence-electron chi connectivity index (χ2n) is 3.31. The minimum Gasteiger partial charge on any atom is -0.350 e. The standard InChI is InChI=1S/C10H12Cl2N2O/c1-6(13)5-14-10(15)8-3-2-7(11)4-9(8)12/h2-4,6H,5,13H2,1H3,(H,14,15). The second kappa shape index (κ2) is 5.35. The lowest BCUT2D eigenvalue weighted by molar-refractivity contribution is 0.0952. The number of amides is 1. The van der Waals surface area contributed by atoms with E-state index in [1.807, 2.05) is 6.92 Å². The molecule has 0 aliphatic rings. The van der Waals surface area contributed by atoms with Crippen LogP contribution >= 0.6 is 23.2 Å². The maximum atomic E-state index is 11.6. The zero-order chi connectivity index (χ0) is 11.4. The van der Waals surface area contributed by atoms with E-state index in [1.165, 1.54) is 6.07 Å². The van der Waals surface area contributed by atoms with Crippen LogP contribution in [0, 0.1) is 0 Å². The molecule has 0 aliphatic heterocycles. The van der Waals surface area contributed by atoms with Gasteiger partial charge in [-0.1, -0.05) is 23.2 Å². The molecule has 5 heteroatoms. The Morgan fingerprint density at radius 3 is 2.73 bits per heavy atom. The first-order valence-electron chi connectivity index (χ1n) is 4.49. The van der Waals surface area contributed by atoms with Gasteiger partial charge in [-0.25, -0.2) is 0 Å². The van der Waals surface area contributed by atoms with Crippen LogP contribution in [0.25, 0.3) is 0 Å². The van der Waals surface area contributed by atoms with Crippen molar-refractivity contribution in [3.63, 3.8) is 0 Å². The molecule has 0 heterocycles. The Morgan fingerprint density at radius 2 is 2.20 bits per heavy atom. The average Bonchev–Trinajstić information content (AvgIpc) is 2.14. The summed E-state index contributed by atoms with van der Waals surface area (Å²) in [5, 5.41) is 3.51. The molecule has 15 heavy (non-hydrogen) atoms. The molecule has 1 aromatic carbocycles. The molecule has 3 nitrogen and oxygen atoms in total. The Bertz CT molecular complexity index is 366. The molecule has 3 N–H and O–H groups in total. The van der Waals surface area contributed by atoms with Gasteiger partial charge in [-0.2, -0.15) is 0 Å². The Morgan fingerprint density at radius 1 is 1.53 bits per heavy atom. The van der Waals surface area contributed by atoms with Crippen molar-refractivity contribution in [2.24, 2.45) is 5.73 Å². The lowest BCUT2D eigenvalue weighted by atomic mass is 10.2. The largest absolute Gasteiger partial charge is 0.350 e. The molecule has 1 amide bonds. The SMILES string of the molecule is CC(N)CNC(=O)c1ccc(Cl)cc1Cl. The highest BCUT2D eigenvalue weighted by molar-refractivity contribution is 6.36. The summed E-state index contributed by atoms with van der Waals surface area (Å²) in [6, 6.07) is 4.65. The van der Waals surface area contributed by atoms with Gasteiger partial charge < -0.3 is 11.1 Å². The molecule has 1 unspecified atom stereocenters. The number of carbonyl (C=O) groups is 1.